The van der Waals surface area contributed by atoms with E-state index in [0.717, 1.165) is 43.9 Å². The lowest BCUT2D eigenvalue weighted by molar-refractivity contribution is -0.137. The number of benzene rings is 2. The van der Waals surface area contributed by atoms with Crippen molar-refractivity contribution in [3.05, 3.63) is 92.8 Å². The Morgan fingerprint density at radius 3 is 2.42 bits per heavy atom. The van der Waals surface area contributed by atoms with Gasteiger partial charge in [0.1, 0.15) is 11.6 Å². The molecule has 2 atom stereocenters. The Morgan fingerprint density at radius 2 is 1.79 bits per heavy atom. The van der Waals surface area contributed by atoms with Crippen LogP contribution in [-0.2, 0) is 27.5 Å². The number of aliphatic hydroxyl groups is 1. The fourth-order valence-electron chi connectivity index (χ4n) is 5.01. The summed E-state index contributed by atoms with van der Waals surface area (Å²) in [6.07, 6.45) is -4.86. The predicted molar refractivity (Wildman–Crippen MR) is 148 cm³/mol. The molecule has 0 radical (unpaired) electrons. The van der Waals surface area contributed by atoms with Crippen LogP contribution in [0.4, 0.5) is 13.2 Å². The number of halogens is 3. The van der Waals surface area contributed by atoms with Crippen LogP contribution < -0.4 is 16.6 Å². The van der Waals surface area contributed by atoms with E-state index in [-0.39, 0.29) is 24.2 Å². The van der Waals surface area contributed by atoms with Crippen molar-refractivity contribution < 1.29 is 35.9 Å². The van der Waals surface area contributed by atoms with E-state index in [0.29, 0.717) is 11.0 Å². The fraction of sp³-hybridized carbons (Fsp3) is 0.321. The van der Waals surface area contributed by atoms with Crippen molar-refractivity contribution in [3.8, 4) is 5.69 Å². The third-order valence-electron chi connectivity index (χ3n) is 7.19. The van der Waals surface area contributed by atoms with Gasteiger partial charge in [-0.15, -0.1) is 0 Å². The van der Waals surface area contributed by atoms with E-state index in [2.05, 4.69) is 5.32 Å². The van der Waals surface area contributed by atoms with E-state index in [4.69, 9.17) is 4.42 Å². The molecule has 228 valence electrons. The number of aromatic nitrogens is 2. The molecule has 1 amide bonds. The van der Waals surface area contributed by atoms with Crippen molar-refractivity contribution in [2.75, 3.05) is 6.54 Å². The minimum Gasteiger partial charge on any atom is -0.443 e. The summed E-state index contributed by atoms with van der Waals surface area (Å²) in [6.45, 7) is 2.50. The third kappa shape index (κ3) is 5.62. The molecule has 0 aliphatic carbocycles. The number of hydrogen-bond acceptors (Lipinski definition) is 7. The molecule has 43 heavy (non-hydrogen) atoms. The molecule has 0 saturated carbocycles. The highest BCUT2D eigenvalue weighted by Crippen LogP contribution is 2.31. The standard InChI is InChI=1S/C28H27F3N4O7S/c1-16(2)35-26(38)18(15-33(27(35)39)20-9-7-19(8-10-20)28(29,30)31)14-32-25(37)24-21(36)11-12-34(24)43(40,41)23-13-17-5-3-4-6-22(17)42-23/h3-10,13,15-16,21,24,36H,11-12,14H2,1-2H3,(H,32,37)/t21-,24-/m0/s1. The first-order valence-electron chi connectivity index (χ1n) is 13.2. The van der Waals surface area contributed by atoms with Crippen LogP contribution in [-0.4, -0.2) is 51.6 Å². The molecule has 0 spiro atoms. The molecule has 1 fully saturated rings. The van der Waals surface area contributed by atoms with Crippen molar-refractivity contribution in [2.45, 2.75) is 56.3 Å². The molecule has 1 saturated heterocycles. The maximum Gasteiger partial charge on any atom is 0.416 e. The molecule has 5 rings (SSSR count). The number of carbonyl (C=O) groups excluding carboxylic acids is 1. The summed E-state index contributed by atoms with van der Waals surface area (Å²) >= 11 is 0. The highest BCUT2D eigenvalue weighted by atomic mass is 32.2. The highest BCUT2D eigenvalue weighted by molar-refractivity contribution is 7.89. The lowest BCUT2D eigenvalue weighted by Crippen LogP contribution is -2.50. The van der Waals surface area contributed by atoms with Crippen LogP contribution in [0.2, 0.25) is 0 Å². The number of sulfonamides is 1. The van der Waals surface area contributed by atoms with Gasteiger partial charge in [-0.25, -0.2) is 13.2 Å². The number of nitrogens with one attached hydrogen (secondary N) is 1. The summed E-state index contributed by atoms with van der Waals surface area (Å²) in [7, 11) is -4.34. The Labute approximate surface area is 242 Å². The van der Waals surface area contributed by atoms with Crippen LogP contribution in [0.25, 0.3) is 16.7 Å². The van der Waals surface area contributed by atoms with Crippen molar-refractivity contribution in [1.29, 1.82) is 0 Å². The number of aliphatic hydroxyl groups excluding tert-OH is 1. The Hall–Kier alpha value is -4.21. The van der Waals surface area contributed by atoms with Crippen molar-refractivity contribution in [1.82, 2.24) is 18.8 Å². The van der Waals surface area contributed by atoms with E-state index in [9.17, 15) is 41.1 Å². The van der Waals surface area contributed by atoms with Gasteiger partial charge in [-0.3, -0.25) is 18.7 Å². The van der Waals surface area contributed by atoms with Gasteiger partial charge >= 0.3 is 11.9 Å². The molecular weight excluding hydrogens is 593 g/mol. The Balaban J connectivity index is 1.44. The number of rotatable bonds is 7. The Kier molecular flexibility index (Phi) is 7.83. The Bertz CT molecular complexity index is 1880. The van der Waals surface area contributed by atoms with E-state index < -0.39 is 68.7 Å². The lowest BCUT2D eigenvalue weighted by Gasteiger charge is -2.24. The Morgan fingerprint density at radius 1 is 1.12 bits per heavy atom. The molecule has 2 N–H and O–H groups in total. The molecule has 0 bridgehead atoms. The van der Waals surface area contributed by atoms with Crippen LogP contribution in [0.3, 0.4) is 0 Å². The zero-order chi connectivity index (χ0) is 31.3. The van der Waals surface area contributed by atoms with Gasteiger partial charge < -0.3 is 14.8 Å². The summed E-state index contributed by atoms with van der Waals surface area (Å²) in [5, 5.41) is 13.2. The minimum absolute atomic E-state index is 0.0313. The molecule has 0 unspecified atom stereocenters. The molecule has 1 aliphatic heterocycles. The average molecular weight is 621 g/mol. The normalized spacial score (nSPS) is 18.0. The number of para-hydroxylation sites is 1. The predicted octanol–water partition coefficient (Wildman–Crippen LogP) is 2.79. The second-order valence-corrected chi connectivity index (χ2v) is 12.2. The number of amides is 1. The summed E-state index contributed by atoms with van der Waals surface area (Å²) in [6, 6.07) is 9.53. The second-order valence-electron chi connectivity index (χ2n) is 10.4. The fourth-order valence-corrected chi connectivity index (χ4v) is 6.59. The van der Waals surface area contributed by atoms with Gasteiger partial charge in [0.2, 0.25) is 11.0 Å². The first-order chi connectivity index (χ1) is 20.2. The smallest absolute Gasteiger partial charge is 0.416 e. The second kappa shape index (κ2) is 11.1. The SMILES string of the molecule is CC(C)n1c(=O)c(CNC(=O)[C@@H]2[C@@H](O)CCN2S(=O)(=O)c2cc3ccccc3o2)cn(-c2ccc(C(F)(F)F)cc2)c1=O. The molecular formula is C28H27F3N4O7S. The zero-order valence-corrected chi connectivity index (χ0v) is 23.7. The molecule has 2 aromatic heterocycles. The monoisotopic (exact) mass is 620 g/mol. The van der Waals surface area contributed by atoms with Crippen LogP contribution >= 0.6 is 0 Å². The van der Waals surface area contributed by atoms with Gasteiger partial charge in [0.25, 0.3) is 15.6 Å². The van der Waals surface area contributed by atoms with E-state index in [1.165, 1.54) is 6.07 Å². The van der Waals surface area contributed by atoms with Gasteiger partial charge in [0.05, 0.1) is 22.9 Å². The van der Waals surface area contributed by atoms with Gasteiger partial charge in [0, 0.05) is 36.8 Å². The van der Waals surface area contributed by atoms with E-state index in [1.54, 1.807) is 38.1 Å². The van der Waals surface area contributed by atoms with Crippen molar-refractivity contribution >= 4 is 26.9 Å². The maximum atomic E-state index is 13.4. The first kappa shape index (κ1) is 30.3. The lowest BCUT2D eigenvalue weighted by atomic mass is 10.1. The van der Waals surface area contributed by atoms with Gasteiger partial charge in [-0.05, 0) is 50.6 Å². The zero-order valence-electron chi connectivity index (χ0n) is 22.9. The molecule has 11 nitrogen and oxygen atoms in total. The molecule has 2 aromatic carbocycles. The quantitative estimate of drug-likeness (QED) is 0.323. The van der Waals surface area contributed by atoms with E-state index in [1.807, 2.05) is 0 Å². The number of hydrogen-bond donors (Lipinski definition) is 2. The highest BCUT2D eigenvalue weighted by Gasteiger charge is 2.46. The topological polar surface area (TPSA) is 144 Å². The summed E-state index contributed by atoms with van der Waals surface area (Å²) in [5.74, 6) is -0.896. The van der Waals surface area contributed by atoms with Crippen LogP contribution in [0.1, 0.15) is 37.4 Å². The summed E-state index contributed by atoms with van der Waals surface area (Å²) in [5.41, 5.74) is -2.20. The maximum absolute atomic E-state index is 13.4. The average Bonchev–Trinajstić information content (AvgIpc) is 3.56. The summed E-state index contributed by atoms with van der Waals surface area (Å²) in [4.78, 5) is 39.6. The number of alkyl halides is 3. The number of nitrogens with zero attached hydrogens (tertiary/aromatic N) is 3. The van der Waals surface area contributed by atoms with Crippen molar-refractivity contribution in [2.24, 2.45) is 0 Å². The number of carbonyl (C=O) groups is 1. The number of furan rings is 1. The van der Waals surface area contributed by atoms with E-state index >= 15 is 0 Å². The molecule has 1 aliphatic rings. The third-order valence-corrected chi connectivity index (χ3v) is 8.92. The largest absolute Gasteiger partial charge is 0.443 e. The van der Waals surface area contributed by atoms with Gasteiger partial charge in [-0.1, -0.05) is 18.2 Å². The minimum atomic E-state index is -4.59. The summed E-state index contributed by atoms with van der Waals surface area (Å²) < 4.78 is 74.2. The van der Waals surface area contributed by atoms with Gasteiger partial charge in [-0.2, -0.15) is 17.5 Å². The molecule has 15 heteroatoms. The number of fused-ring (bicyclic) bond motifs is 1. The van der Waals surface area contributed by atoms with Crippen molar-refractivity contribution in [3.63, 3.8) is 0 Å². The van der Waals surface area contributed by atoms with Gasteiger partial charge in [0.15, 0.2) is 0 Å². The van der Waals surface area contributed by atoms with Crippen LogP contribution in [0.5, 0.6) is 0 Å². The molecule has 4 aromatic rings. The van der Waals surface area contributed by atoms with Crippen LogP contribution in [0, 0.1) is 0 Å². The first-order valence-corrected chi connectivity index (χ1v) is 14.6. The van der Waals surface area contributed by atoms with Crippen LogP contribution in [0.15, 0.2) is 79.9 Å². The molecule has 3 heterocycles.